The Balaban J connectivity index is 1.81. The van der Waals surface area contributed by atoms with Gasteiger partial charge in [0, 0.05) is 18.0 Å². The van der Waals surface area contributed by atoms with E-state index in [1.165, 1.54) is 4.88 Å². The molecule has 0 radical (unpaired) electrons. The monoisotopic (exact) mass is 293 g/mol. The highest BCUT2D eigenvalue weighted by Gasteiger charge is 2.10. The Morgan fingerprint density at radius 3 is 2.40 bits per heavy atom. The molecule has 1 N–H and O–H groups in total. The summed E-state index contributed by atoms with van der Waals surface area (Å²) in [5.41, 5.74) is 0. The van der Waals surface area contributed by atoms with Crippen LogP contribution in [0.2, 0.25) is 0 Å². The molecule has 0 aliphatic rings. The van der Waals surface area contributed by atoms with Crippen molar-refractivity contribution in [2.24, 2.45) is 0 Å². The molecule has 0 spiro atoms. The number of hydrogen-bond acceptors (Lipinski definition) is 5. The fraction of sp³-hybridized carbons (Fsp3) is 0.333. The number of para-hydroxylation sites is 1. The molecule has 1 heterocycles. The van der Waals surface area contributed by atoms with Gasteiger partial charge in [-0.15, -0.1) is 11.3 Å². The molecule has 0 aliphatic heterocycles. The van der Waals surface area contributed by atoms with E-state index in [1.807, 2.05) is 18.2 Å². The van der Waals surface area contributed by atoms with E-state index in [2.05, 4.69) is 22.8 Å². The van der Waals surface area contributed by atoms with E-state index in [1.54, 1.807) is 25.6 Å². The maximum Gasteiger partial charge on any atom is 0.203 e. The first kappa shape index (κ1) is 14.7. The fourth-order valence-corrected chi connectivity index (χ4v) is 2.48. The van der Waals surface area contributed by atoms with Crippen LogP contribution in [0.3, 0.4) is 0 Å². The first-order valence-corrected chi connectivity index (χ1v) is 7.30. The summed E-state index contributed by atoms with van der Waals surface area (Å²) >= 11 is 1.75. The lowest BCUT2D eigenvalue weighted by Gasteiger charge is -2.14. The summed E-state index contributed by atoms with van der Waals surface area (Å²) < 4.78 is 16.3. The highest BCUT2D eigenvalue weighted by molar-refractivity contribution is 7.09. The molecular weight excluding hydrogens is 274 g/mol. The lowest BCUT2D eigenvalue weighted by atomic mass is 10.3. The van der Waals surface area contributed by atoms with Crippen molar-refractivity contribution < 1.29 is 14.2 Å². The molecule has 2 aromatic rings. The number of methoxy groups -OCH3 is 2. The smallest absolute Gasteiger partial charge is 0.203 e. The van der Waals surface area contributed by atoms with Gasteiger partial charge >= 0.3 is 0 Å². The largest absolute Gasteiger partial charge is 0.493 e. The van der Waals surface area contributed by atoms with Crippen LogP contribution >= 0.6 is 11.3 Å². The van der Waals surface area contributed by atoms with Crippen molar-refractivity contribution in [3.8, 4) is 17.2 Å². The van der Waals surface area contributed by atoms with Crippen LogP contribution in [0.1, 0.15) is 4.88 Å². The molecule has 1 aromatic carbocycles. The third-order valence-corrected chi connectivity index (χ3v) is 3.66. The highest BCUT2D eigenvalue weighted by atomic mass is 32.1. The Kier molecular flexibility index (Phi) is 5.70. The molecule has 0 bridgehead atoms. The Morgan fingerprint density at radius 2 is 1.80 bits per heavy atom. The maximum absolute atomic E-state index is 5.76. The number of ether oxygens (including phenoxy) is 3. The highest BCUT2D eigenvalue weighted by Crippen LogP contribution is 2.36. The van der Waals surface area contributed by atoms with Gasteiger partial charge in [-0.1, -0.05) is 12.1 Å². The lowest BCUT2D eigenvalue weighted by molar-refractivity contribution is 0.273. The Hall–Kier alpha value is -1.72. The maximum atomic E-state index is 5.76. The summed E-state index contributed by atoms with van der Waals surface area (Å²) in [4.78, 5) is 1.32. The number of thiophene rings is 1. The average molecular weight is 293 g/mol. The van der Waals surface area contributed by atoms with Crippen molar-refractivity contribution in [2.45, 2.75) is 6.54 Å². The average Bonchev–Trinajstić information content (AvgIpc) is 3.00. The van der Waals surface area contributed by atoms with Crippen LogP contribution in [0.5, 0.6) is 17.2 Å². The van der Waals surface area contributed by atoms with Gasteiger partial charge in [0.15, 0.2) is 11.5 Å². The van der Waals surface area contributed by atoms with Crippen molar-refractivity contribution >= 4 is 11.3 Å². The van der Waals surface area contributed by atoms with Gasteiger partial charge in [0.25, 0.3) is 0 Å². The van der Waals surface area contributed by atoms with E-state index in [0.717, 1.165) is 13.1 Å². The quantitative estimate of drug-likeness (QED) is 0.760. The van der Waals surface area contributed by atoms with Gasteiger partial charge in [-0.25, -0.2) is 0 Å². The predicted octanol–water partition coefficient (Wildman–Crippen LogP) is 2.93. The third-order valence-electron chi connectivity index (χ3n) is 2.79. The van der Waals surface area contributed by atoms with Gasteiger partial charge in [-0.3, -0.25) is 0 Å². The minimum Gasteiger partial charge on any atom is -0.493 e. The van der Waals surface area contributed by atoms with Crippen molar-refractivity contribution in [3.63, 3.8) is 0 Å². The zero-order chi connectivity index (χ0) is 14.2. The molecule has 108 valence electrons. The molecule has 2 rings (SSSR count). The topological polar surface area (TPSA) is 39.7 Å². The van der Waals surface area contributed by atoms with Crippen LogP contribution in [0, 0.1) is 0 Å². The molecule has 20 heavy (non-hydrogen) atoms. The van der Waals surface area contributed by atoms with Crippen molar-refractivity contribution in [2.75, 3.05) is 27.4 Å². The van der Waals surface area contributed by atoms with Gasteiger partial charge in [0.05, 0.1) is 14.2 Å². The van der Waals surface area contributed by atoms with Gasteiger partial charge < -0.3 is 19.5 Å². The number of hydrogen-bond donors (Lipinski definition) is 1. The standard InChI is InChI=1S/C15H19NO3S/c1-17-13-6-3-7-14(18-2)15(13)19-9-8-16-11-12-5-4-10-20-12/h3-7,10,16H,8-9,11H2,1-2H3. The molecule has 4 nitrogen and oxygen atoms in total. The summed E-state index contributed by atoms with van der Waals surface area (Å²) in [7, 11) is 3.24. The molecule has 0 fully saturated rings. The molecule has 0 unspecified atom stereocenters. The Morgan fingerprint density at radius 1 is 1.05 bits per heavy atom. The second-order valence-electron chi connectivity index (χ2n) is 4.10. The van der Waals surface area contributed by atoms with Gasteiger partial charge in [-0.05, 0) is 23.6 Å². The molecule has 0 amide bonds. The van der Waals surface area contributed by atoms with Crippen molar-refractivity contribution in [1.82, 2.24) is 5.32 Å². The second-order valence-corrected chi connectivity index (χ2v) is 5.13. The fourth-order valence-electron chi connectivity index (χ4n) is 1.81. The van der Waals surface area contributed by atoms with Crippen LogP contribution in [0.4, 0.5) is 0 Å². The van der Waals surface area contributed by atoms with Crippen LogP contribution < -0.4 is 19.5 Å². The number of rotatable bonds is 8. The van der Waals surface area contributed by atoms with E-state index >= 15 is 0 Å². The van der Waals surface area contributed by atoms with Gasteiger partial charge in [-0.2, -0.15) is 0 Å². The first-order chi connectivity index (χ1) is 9.85. The number of nitrogens with one attached hydrogen (secondary N) is 1. The van der Waals surface area contributed by atoms with Crippen LogP contribution in [-0.2, 0) is 6.54 Å². The first-order valence-electron chi connectivity index (χ1n) is 6.42. The molecular formula is C15H19NO3S. The summed E-state index contributed by atoms with van der Waals surface area (Å²) in [6.07, 6.45) is 0. The normalized spacial score (nSPS) is 10.3. The van der Waals surface area contributed by atoms with E-state index in [9.17, 15) is 0 Å². The van der Waals surface area contributed by atoms with E-state index in [-0.39, 0.29) is 0 Å². The molecule has 0 aliphatic carbocycles. The van der Waals surface area contributed by atoms with Crippen LogP contribution in [0.15, 0.2) is 35.7 Å². The summed E-state index contributed by atoms with van der Waals surface area (Å²) in [5.74, 6) is 2.01. The Labute approximate surface area is 123 Å². The van der Waals surface area contributed by atoms with Gasteiger partial charge in [0.1, 0.15) is 6.61 Å². The molecule has 0 saturated heterocycles. The van der Waals surface area contributed by atoms with E-state index in [0.29, 0.717) is 23.9 Å². The third kappa shape index (κ3) is 3.88. The van der Waals surface area contributed by atoms with Gasteiger partial charge in [0.2, 0.25) is 5.75 Å². The second kappa shape index (κ2) is 7.77. The SMILES string of the molecule is COc1cccc(OC)c1OCCNCc1cccs1. The summed E-state index contributed by atoms with van der Waals surface area (Å²) in [6, 6.07) is 9.76. The molecule has 0 saturated carbocycles. The van der Waals surface area contributed by atoms with Crippen molar-refractivity contribution in [1.29, 1.82) is 0 Å². The van der Waals surface area contributed by atoms with E-state index in [4.69, 9.17) is 14.2 Å². The summed E-state index contributed by atoms with van der Waals surface area (Å²) in [5, 5.41) is 5.41. The minimum atomic E-state index is 0.558. The minimum absolute atomic E-state index is 0.558. The lowest BCUT2D eigenvalue weighted by Crippen LogP contribution is -2.20. The Bertz CT molecular complexity index is 492. The van der Waals surface area contributed by atoms with E-state index < -0.39 is 0 Å². The molecule has 0 atom stereocenters. The summed E-state index contributed by atoms with van der Waals surface area (Å²) in [6.45, 7) is 2.19. The number of benzene rings is 1. The zero-order valence-electron chi connectivity index (χ0n) is 11.7. The molecule has 1 aromatic heterocycles. The molecule has 5 heteroatoms. The van der Waals surface area contributed by atoms with Crippen molar-refractivity contribution in [3.05, 3.63) is 40.6 Å². The van der Waals surface area contributed by atoms with Crippen LogP contribution in [-0.4, -0.2) is 27.4 Å². The zero-order valence-corrected chi connectivity index (χ0v) is 12.5. The predicted molar refractivity (Wildman–Crippen MR) is 81.1 cm³/mol. The van der Waals surface area contributed by atoms with Crippen LogP contribution in [0.25, 0.3) is 0 Å².